The van der Waals surface area contributed by atoms with Gasteiger partial charge in [-0.25, -0.2) is 9.59 Å². The average Bonchev–Trinajstić information content (AvgIpc) is 3.24. The maximum atomic E-state index is 10.2. The number of rotatable bonds is 22. The number of anilines is 2. The molecule has 0 aliphatic carbocycles. The minimum absolute atomic E-state index is 0.0835. The summed E-state index contributed by atoms with van der Waals surface area (Å²) in [7, 11) is 12.4. The van der Waals surface area contributed by atoms with Crippen LogP contribution in [0.5, 0.6) is 17.2 Å². The monoisotopic (exact) mass is 1220 g/mol. The van der Waals surface area contributed by atoms with Crippen LogP contribution in [0.1, 0.15) is 101 Å². The number of ketones is 2. The van der Waals surface area contributed by atoms with Crippen LogP contribution >= 0.6 is 0 Å². The molecule has 6 aromatic rings. The van der Waals surface area contributed by atoms with Crippen molar-refractivity contribution in [2.75, 3.05) is 93.2 Å². The second-order valence-electron chi connectivity index (χ2n) is 19.9. The van der Waals surface area contributed by atoms with Crippen LogP contribution in [0.3, 0.4) is 0 Å². The number of hydrogen-bond acceptors (Lipinski definition) is 22. The standard InChI is InChI=1S/C30H36N6O2.C11H19N3O.C6H4N2O4.C6H8N2.C6H10O2.O2Se/c1-35(2)13-5-15-37-23-7-9-25-21(17-23)19-29(31-25)27-11-12-28(34-33-27)30-20-22-18-24(8-10-26(22)32-30)38-16-6-14-36(3)4;1-14(2)6-3-7-15-9-4-5-10(12)11(13)8-9;9-5(10)3-1-2-4(6(11)12)8-7-3;1-5-3-4-6(2)8-7-5;1-5(7)3-4-6(2)8;1-3-2/h7-12,17-18H,5-6,13-16,19-20H2,1-4H3;4-5,8H,3,6-7,12-13H2,1-2H3;1-2H,(H,9,10)(H,11,12);3-4H,1-2H3;3-4H2,1-2H3;. The number of ether oxygens (including phenoxy) is 3. The summed E-state index contributed by atoms with van der Waals surface area (Å²) in [6, 6.07) is 27.6. The van der Waals surface area contributed by atoms with Crippen molar-refractivity contribution in [2.45, 2.75) is 72.6 Å². The van der Waals surface area contributed by atoms with Gasteiger partial charge >= 0.3 is 34.4 Å². The van der Waals surface area contributed by atoms with E-state index >= 15 is 0 Å². The fraction of sp³-hybridized carbons (Fsp3) is 0.390. The molecule has 0 radical (unpaired) electrons. The number of carboxylic acids is 2. The molecule has 25 heteroatoms. The first-order chi connectivity index (χ1) is 40.0. The van der Waals surface area contributed by atoms with E-state index in [0.717, 1.165) is 138 Å². The normalized spacial score (nSPS) is 11.4. The zero-order valence-electron chi connectivity index (χ0n) is 49.4. The van der Waals surface area contributed by atoms with E-state index < -0.39 is 26.8 Å². The fourth-order valence-corrected chi connectivity index (χ4v) is 7.20. The van der Waals surface area contributed by atoms with Crippen LogP contribution < -0.4 is 25.7 Å². The van der Waals surface area contributed by atoms with Gasteiger partial charge in [-0.05, 0) is 185 Å². The first-order valence-corrected chi connectivity index (χ1v) is 28.1. The van der Waals surface area contributed by atoms with Crippen LogP contribution in [0.25, 0.3) is 0 Å². The Hall–Kier alpha value is -8.48. The van der Waals surface area contributed by atoms with Gasteiger partial charge < -0.3 is 60.2 Å². The van der Waals surface area contributed by atoms with Crippen molar-refractivity contribution in [1.82, 2.24) is 45.3 Å². The molecule has 0 fully saturated rings. The first kappa shape index (κ1) is 69.8. The molecule has 2 aliphatic heterocycles. The molecule has 84 heavy (non-hydrogen) atoms. The van der Waals surface area contributed by atoms with Gasteiger partial charge in [-0.3, -0.25) is 9.98 Å². The van der Waals surface area contributed by atoms with Gasteiger partial charge in [-0.1, -0.05) is 0 Å². The molecule has 450 valence electrons. The first-order valence-electron chi connectivity index (χ1n) is 26.7. The van der Waals surface area contributed by atoms with Crippen LogP contribution in [-0.2, 0) is 30.1 Å². The Morgan fingerprint density at radius 3 is 1.15 bits per heavy atom. The van der Waals surface area contributed by atoms with Crippen molar-refractivity contribution in [2.24, 2.45) is 9.98 Å². The van der Waals surface area contributed by atoms with E-state index in [1.807, 2.05) is 82.5 Å². The number of nitrogens with two attached hydrogens (primary N) is 2. The summed E-state index contributed by atoms with van der Waals surface area (Å²) >= 11 is -1.62. The second-order valence-corrected chi connectivity index (χ2v) is 20.1. The SMILES string of the molecule is CC(=O)CCC(C)=O.CN(C)CCCOc1ccc(N)c(N)c1.CN(C)CCCOc1ccc2c(c1)CC(c1ccc(C3=Nc4ccc(OCCCN(C)C)cc4C3)nn1)=N2.Cc1ccc(C)nn1.O=C(O)c1ccc(C(=O)O)nn1.O=[Se]=O. The van der Waals surface area contributed by atoms with E-state index in [4.69, 9.17) is 53.5 Å². The third-order valence-electron chi connectivity index (χ3n) is 11.6. The number of nitrogen functional groups attached to an aromatic ring is 2. The summed E-state index contributed by atoms with van der Waals surface area (Å²) in [6.07, 6.45) is 5.23. The second kappa shape index (κ2) is 37.6. The van der Waals surface area contributed by atoms with Gasteiger partial charge in [-0.15, -0.1) is 20.4 Å². The van der Waals surface area contributed by atoms with Gasteiger partial charge in [0, 0.05) is 51.4 Å². The van der Waals surface area contributed by atoms with Crippen LogP contribution in [0.2, 0.25) is 0 Å². The molecule has 5 heterocycles. The van der Waals surface area contributed by atoms with Gasteiger partial charge in [0.25, 0.3) is 0 Å². The summed E-state index contributed by atoms with van der Waals surface area (Å²) < 4.78 is 34.3. The number of carbonyl (C=O) groups is 4. The number of carboxylic acid groups (broad SMARTS) is 2. The van der Waals surface area contributed by atoms with Crippen LogP contribution in [0, 0.1) is 13.8 Å². The Balaban J connectivity index is 0.000000327. The number of aromatic carboxylic acids is 2. The van der Waals surface area contributed by atoms with Gasteiger partial charge in [0.15, 0.2) is 11.4 Å². The number of fused-ring (bicyclic) bond motifs is 2. The predicted molar refractivity (Wildman–Crippen MR) is 321 cm³/mol. The average molecular weight is 1220 g/mol. The Labute approximate surface area is 496 Å². The van der Waals surface area contributed by atoms with E-state index in [9.17, 15) is 19.2 Å². The van der Waals surface area contributed by atoms with Crippen LogP contribution in [-0.4, -0.2) is 187 Å². The molecule has 0 saturated heterocycles. The predicted octanol–water partition coefficient (Wildman–Crippen LogP) is 6.97. The third-order valence-corrected chi connectivity index (χ3v) is 11.6. The Kier molecular flexibility index (Phi) is 31.2. The third kappa shape index (κ3) is 27.5. The maximum absolute atomic E-state index is 10.2. The molecule has 2 aliphatic rings. The fourth-order valence-electron chi connectivity index (χ4n) is 7.20. The van der Waals surface area contributed by atoms with Crippen molar-refractivity contribution in [1.29, 1.82) is 0 Å². The molecular formula is C59H77N13O11Se. The van der Waals surface area contributed by atoms with Gasteiger partial charge in [-0.2, -0.15) is 10.2 Å². The Morgan fingerprint density at radius 2 is 0.857 bits per heavy atom. The zero-order chi connectivity index (χ0) is 62.1. The molecule has 6 N–H and O–H groups in total. The van der Waals surface area contributed by atoms with Crippen LogP contribution in [0.4, 0.5) is 22.7 Å². The van der Waals surface area contributed by atoms with Gasteiger partial charge in [0.2, 0.25) is 0 Å². The van der Waals surface area contributed by atoms with Gasteiger partial charge in [0.1, 0.15) is 40.2 Å². The molecule has 0 bridgehead atoms. The number of aliphatic imine (C=N–C) groups is 2. The topological polar surface area (TPSA) is 334 Å². The summed E-state index contributed by atoms with van der Waals surface area (Å²) in [5, 5.41) is 39.7. The Bertz CT molecular complexity index is 2980. The number of nitrogens with zero attached hydrogens (tertiary/aromatic N) is 11. The van der Waals surface area contributed by atoms with E-state index in [1.165, 1.54) is 13.8 Å². The van der Waals surface area contributed by atoms with Crippen molar-refractivity contribution in [3.8, 4) is 17.2 Å². The molecule has 8 rings (SSSR count). The number of carbonyl (C=O) groups excluding carboxylic acids is 2. The molecular weight excluding hydrogens is 1150 g/mol. The summed E-state index contributed by atoms with van der Waals surface area (Å²) in [4.78, 5) is 56.9. The molecule has 0 atom stereocenters. The number of aromatic nitrogens is 6. The summed E-state index contributed by atoms with van der Waals surface area (Å²) in [5.74, 6) is 0.252. The van der Waals surface area contributed by atoms with Crippen molar-refractivity contribution < 1.29 is 51.3 Å². The summed E-state index contributed by atoms with van der Waals surface area (Å²) in [5.41, 5.74) is 21.5. The molecule has 0 saturated carbocycles. The number of benzene rings is 3. The minimum atomic E-state index is -1.62. The molecule has 3 aromatic heterocycles. The van der Waals surface area contributed by atoms with E-state index in [0.29, 0.717) is 44.0 Å². The van der Waals surface area contributed by atoms with Gasteiger partial charge in [0.05, 0.1) is 65.4 Å². The molecule has 0 amide bonds. The van der Waals surface area contributed by atoms with Crippen molar-refractivity contribution >= 4 is 72.5 Å². The molecule has 0 unspecified atom stereocenters. The number of aryl methyl sites for hydroxylation is 2. The Morgan fingerprint density at radius 1 is 0.500 bits per heavy atom. The van der Waals surface area contributed by atoms with Crippen LogP contribution in [0.15, 0.2) is 101 Å². The quantitative estimate of drug-likeness (QED) is 0.0303. The summed E-state index contributed by atoms with van der Waals surface area (Å²) in [6.45, 7) is 12.0. The van der Waals surface area contributed by atoms with Crippen molar-refractivity contribution in [3.05, 3.63) is 136 Å². The molecule has 0 spiro atoms. The van der Waals surface area contributed by atoms with E-state index in [-0.39, 0.29) is 23.0 Å². The van der Waals surface area contributed by atoms with E-state index in [1.54, 1.807) is 12.1 Å². The molecule has 24 nitrogen and oxygen atoms in total. The van der Waals surface area contributed by atoms with E-state index in [2.05, 4.69) is 85.6 Å². The zero-order valence-corrected chi connectivity index (χ0v) is 51.1. The number of hydrogen-bond donors (Lipinski definition) is 4. The van der Waals surface area contributed by atoms with Crippen molar-refractivity contribution in [3.63, 3.8) is 0 Å². The molecule has 3 aromatic carbocycles. The number of Topliss-reactive ketones (excluding diaryl/α,β-unsaturated/α-hetero) is 2.